The molecule has 0 aliphatic carbocycles. The van der Waals surface area contributed by atoms with Crippen molar-refractivity contribution < 1.29 is 22.7 Å². The van der Waals surface area contributed by atoms with Crippen molar-refractivity contribution in [2.24, 2.45) is 5.92 Å². The lowest BCUT2D eigenvalue weighted by Gasteiger charge is -2.38. The Balaban J connectivity index is 1.48. The zero-order valence-corrected chi connectivity index (χ0v) is 19.1. The van der Waals surface area contributed by atoms with Gasteiger partial charge in [0.1, 0.15) is 5.75 Å². The number of sulfonamides is 1. The van der Waals surface area contributed by atoms with Gasteiger partial charge in [0.2, 0.25) is 15.9 Å². The van der Waals surface area contributed by atoms with Crippen molar-refractivity contribution in [3.63, 3.8) is 0 Å². The minimum absolute atomic E-state index is 0.110. The van der Waals surface area contributed by atoms with E-state index < -0.39 is 16.1 Å². The number of benzene rings is 2. The number of anilines is 1. The lowest BCUT2D eigenvalue weighted by Crippen LogP contribution is -2.52. The van der Waals surface area contributed by atoms with Crippen LogP contribution in [0.2, 0.25) is 5.02 Å². The van der Waals surface area contributed by atoms with Gasteiger partial charge >= 0.3 is 0 Å². The largest absolute Gasteiger partial charge is 0.477 e. The van der Waals surface area contributed by atoms with E-state index in [4.69, 9.17) is 16.3 Å². The molecule has 2 aromatic carbocycles. The van der Waals surface area contributed by atoms with Crippen molar-refractivity contribution in [3.05, 3.63) is 53.6 Å². The van der Waals surface area contributed by atoms with Crippen LogP contribution in [-0.2, 0) is 19.6 Å². The smallest absolute Gasteiger partial charge is 0.262 e. The van der Waals surface area contributed by atoms with Crippen LogP contribution in [0.1, 0.15) is 12.8 Å². The first-order valence-electron chi connectivity index (χ1n) is 10.4. The molecule has 2 aromatic rings. The molecule has 0 bridgehead atoms. The van der Waals surface area contributed by atoms with E-state index in [-0.39, 0.29) is 42.3 Å². The highest BCUT2D eigenvalue weighted by atomic mass is 35.5. The molecule has 2 heterocycles. The molecule has 170 valence electrons. The van der Waals surface area contributed by atoms with Gasteiger partial charge in [-0.1, -0.05) is 23.7 Å². The van der Waals surface area contributed by atoms with Gasteiger partial charge in [0.05, 0.1) is 17.1 Å². The second-order valence-corrected chi connectivity index (χ2v) is 10.1. The summed E-state index contributed by atoms with van der Waals surface area (Å²) in [4.78, 5) is 27.3. The zero-order valence-electron chi connectivity index (χ0n) is 17.5. The van der Waals surface area contributed by atoms with Gasteiger partial charge < -0.3 is 15.0 Å². The number of para-hydroxylation sites is 2. The summed E-state index contributed by atoms with van der Waals surface area (Å²) in [6.45, 7) is 0.595. The monoisotopic (exact) mass is 477 g/mol. The quantitative estimate of drug-likeness (QED) is 0.728. The van der Waals surface area contributed by atoms with Crippen molar-refractivity contribution in [1.29, 1.82) is 0 Å². The van der Waals surface area contributed by atoms with Crippen molar-refractivity contribution in [2.45, 2.75) is 23.8 Å². The Labute approximate surface area is 192 Å². The number of rotatable bonds is 4. The summed E-state index contributed by atoms with van der Waals surface area (Å²) in [5.74, 6) is -0.300. The standard InChI is InChI=1S/C22H24ClN3O5S/c1-24-21(27)20-14-26(18-4-2-3-5-19(18)31-20)22(28)15-10-12-25(13-11-15)32(29,30)17-8-6-16(23)7-9-17/h2-9,15,20H,10-14H2,1H3,(H,24,27)/t20-/m0/s1. The first-order valence-corrected chi connectivity index (χ1v) is 12.2. The molecule has 1 fully saturated rings. The normalized spacial score (nSPS) is 19.7. The van der Waals surface area contributed by atoms with E-state index in [9.17, 15) is 18.0 Å². The van der Waals surface area contributed by atoms with Gasteiger partial charge in [-0.05, 0) is 49.2 Å². The van der Waals surface area contributed by atoms with E-state index in [1.54, 1.807) is 35.2 Å². The van der Waals surface area contributed by atoms with E-state index in [1.165, 1.54) is 23.5 Å². The number of carbonyl (C=O) groups is 2. The van der Waals surface area contributed by atoms with Gasteiger partial charge in [-0.25, -0.2) is 8.42 Å². The minimum atomic E-state index is -3.65. The van der Waals surface area contributed by atoms with Crippen molar-refractivity contribution in [3.8, 4) is 5.75 Å². The molecule has 8 nitrogen and oxygen atoms in total. The second kappa shape index (κ2) is 9.09. The predicted molar refractivity (Wildman–Crippen MR) is 120 cm³/mol. The molecule has 4 rings (SSSR count). The van der Waals surface area contributed by atoms with E-state index in [1.807, 2.05) is 6.07 Å². The van der Waals surface area contributed by atoms with Gasteiger partial charge in [0, 0.05) is 31.1 Å². The maximum absolute atomic E-state index is 13.4. The summed E-state index contributed by atoms with van der Waals surface area (Å²) in [6, 6.07) is 13.2. The van der Waals surface area contributed by atoms with Crippen LogP contribution in [0.15, 0.2) is 53.4 Å². The molecule has 1 atom stereocenters. The number of ether oxygens (including phenoxy) is 1. The summed E-state index contributed by atoms with van der Waals surface area (Å²) in [5, 5.41) is 3.03. The fourth-order valence-corrected chi connectivity index (χ4v) is 5.66. The highest BCUT2D eigenvalue weighted by Gasteiger charge is 2.38. The molecule has 0 saturated carbocycles. The van der Waals surface area contributed by atoms with E-state index in [0.29, 0.717) is 29.3 Å². The molecule has 32 heavy (non-hydrogen) atoms. The summed E-state index contributed by atoms with van der Waals surface area (Å²) in [6.07, 6.45) is -0.00439. The number of amides is 2. The fraction of sp³-hybridized carbons (Fsp3) is 0.364. The summed E-state index contributed by atoms with van der Waals surface area (Å²) >= 11 is 5.87. The molecule has 2 aliphatic rings. The van der Waals surface area contributed by atoms with E-state index in [2.05, 4.69) is 5.32 Å². The maximum Gasteiger partial charge on any atom is 0.262 e. The van der Waals surface area contributed by atoms with Gasteiger partial charge in [0.15, 0.2) is 6.10 Å². The third-order valence-electron chi connectivity index (χ3n) is 5.83. The van der Waals surface area contributed by atoms with Crippen LogP contribution in [0, 0.1) is 5.92 Å². The average Bonchev–Trinajstić information content (AvgIpc) is 2.82. The molecule has 10 heteroatoms. The number of likely N-dealkylation sites (N-methyl/N-ethyl adjacent to an activating group) is 1. The van der Waals surface area contributed by atoms with Crippen molar-refractivity contribution >= 4 is 39.1 Å². The molecule has 1 N–H and O–H groups in total. The third kappa shape index (κ3) is 4.32. The molecular formula is C22H24ClN3O5S. The Bertz CT molecular complexity index is 1110. The molecule has 2 aliphatic heterocycles. The zero-order chi connectivity index (χ0) is 22.9. The Kier molecular flexibility index (Phi) is 6.41. The molecule has 2 amide bonds. The highest BCUT2D eigenvalue weighted by Crippen LogP contribution is 2.35. The van der Waals surface area contributed by atoms with Gasteiger partial charge in [-0.3, -0.25) is 9.59 Å². The first kappa shape index (κ1) is 22.6. The number of halogens is 1. The number of nitrogens with zero attached hydrogens (tertiary/aromatic N) is 2. The van der Waals surface area contributed by atoms with Crippen LogP contribution >= 0.6 is 11.6 Å². The first-order chi connectivity index (χ1) is 15.3. The van der Waals surface area contributed by atoms with Crippen LogP contribution in [0.4, 0.5) is 5.69 Å². The minimum Gasteiger partial charge on any atom is -0.477 e. The lowest BCUT2D eigenvalue weighted by molar-refractivity contribution is -0.128. The summed E-state index contributed by atoms with van der Waals surface area (Å²) < 4.78 is 33.0. The molecule has 0 aromatic heterocycles. The highest BCUT2D eigenvalue weighted by molar-refractivity contribution is 7.89. The fourth-order valence-electron chi connectivity index (χ4n) is 4.06. The van der Waals surface area contributed by atoms with Crippen LogP contribution < -0.4 is 15.0 Å². The Morgan fingerprint density at radius 1 is 1.06 bits per heavy atom. The number of nitrogens with one attached hydrogen (secondary N) is 1. The average molecular weight is 478 g/mol. The molecule has 0 unspecified atom stereocenters. The molecule has 0 spiro atoms. The lowest BCUT2D eigenvalue weighted by atomic mass is 9.95. The van der Waals surface area contributed by atoms with Crippen molar-refractivity contribution in [2.75, 3.05) is 31.6 Å². The maximum atomic E-state index is 13.4. The molecular weight excluding hydrogens is 454 g/mol. The number of piperidine rings is 1. The van der Waals surface area contributed by atoms with E-state index in [0.717, 1.165) is 0 Å². The van der Waals surface area contributed by atoms with Crippen LogP contribution in [0.5, 0.6) is 5.75 Å². The van der Waals surface area contributed by atoms with Crippen LogP contribution in [-0.4, -0.2) is 57.3 Å². The van der Waals surface area contributed by atoms with E-state index >= 15 is 0 Å². The SMILES string of the molecule is CNC(=O)[C@@H]1CN(C(=O)C2CCN(S(=O)(=O)c3ccc(Cl)cc3)CC2)c2ccccc2O1. The third-order valence-corrected chi connectivity index (χ3v) is 8.00. The van der Waals surface area contributed by atoms with Gasteiger partial charge in [0.25, 0.3) is 5.91 Å². The Hall–Kier alpha value is -2.62. The van der Waals surface area contributed by atoms with Crippen LogP contribution in [0.25, 0.3) is 0 Å². The summed E-state index contributed by atoms with van der Waals surface area (Å²) in [5.41, 5.74) is 0.619. The molecule has 0 radical (unpaired) electrons. The number of fused-ring (bicyclic) bond motifs is 1. The topological polar surface area (TPSA) is 96.0 Å². The predicted octanol–water partition coefficient (Wildman–Crippen LogP) is 2.28. The molecule has 1 saturated heterocycles. The Morgan fingerprint density at radius 3 is 2.38 bits per heavy atom. The van der Waals surface area contributed by atoms with Gasteiger partial charge in [-0.15, -0.1) is 0 Å². The van der Waals surface area contributed by atoms with Crippen LogP contribution in [0.3, 0.4) is 0 Å². The Morgan fingerprint density at radius 2 is 1.72 bits per heavy atom. The van der Waals surface area contributed by atoms with Crippen molar-refractivity contribution in [1.82, 2.24) is 9.62 Å². The number of hydrogen-bond donors (Lipinski definition) is 1. The number of carbonyl (C=O) groups excluding carboxylic acids is 2. The van der Waals surface area contributed by atoms with Gasteiger partial charge in [-0.2, -0.15) is 4.31 Å². The summed E-state index contributed by atoms with van der Waals surface area (Å²) in [7, 11) is -2.12. The number of hydrogen-bond acceptors (Lipinski definition) is 5. The second-order valence-electron chi connectivity index (χ2n) is 7.77.